The molecule has 0 bridgehead atoms. The first-order valence-electron chi connectivity index (χ1n) is 8.05. The zero-order chi connectivity index (χ0) is 18.0. The van der Waals surface area contributed by atoms with E-state index in [2.05, 4.69) is 10.3 Å². The summed E-state index contributed by atoms with van der Waals surface area (Å²) in [6.07, 6.45) is 6.12. The van der Waals surface area contributed by atoms with Crippen molar-refractivity contribution in [3.63, 3.8) is 0 Å². The second kappa shape index (κ2) is 7.09. The molecule has 134 valence electrons. The summed E-state index contributed by atoms with van der Waals surface area (Å²) in [6.45, 7) is 0.459. The second-order valence-electron chi connectivity index (χ2n) is 6.04. The first-order chi connectivity index (χ1) is 11.9. The van der Waals surface area contributed by atoms with E-state index in [4.69, 9.17) is 0 Å². The summed E-state index contributed by atoms with van der Waals surface area (Å²) < 4.78 is 23.6. The summed E-state index contributed by atoms with van der Waals surface area (Å²) in [4.78, 5) is 16.4. The average molecular weight is 381 g/mol. The van der Waals surface area contributed by atoms with Crippen LogP contribution < -0.4 is 5.32 Å². The van der Waals surface area contributed by atoms with Gasteiger partial charge in [0.15, 0.2) is 9.84 Å². The third-order valence-corrected chi connectivity index (χ3v) is 6.47. The number of hydrogen-bond acceptors (Lipinski definition) is 7. The van der Waals surface area contributed by atoms with Gasteiger partial charge in [-0.2, -0.15) is 0 Å². The van der Waals surface area contributed by atoms with E-state index in [0.29, 0.717) is 13.0 Å². The predicted octanol–water partition coefficient (Wildman–Crippen LogP) is 2.99. The van der Waals surface area contributed by atoms with Crippen LogP contribution in [0.4, 0.5) is 11.4 Å². The SMILES string of the molecule is CS(=O)(=O)c1cccc(NCCc2nc3c(s2)CCCC3)c1[N+](=O)[O-]. The maximum atomic E-state index is 11.8. The number of nitrogens with zero attached hydrogens (tertiary/aromatic N) is 2. The van der Waals surface area contributed by atoms with Gasteiger partial charge >= 0.3 is 5.69 Å². The van der Waals surface area contributed by atoms with Crippen molar-refractivity contribution in [3.05, 3.63) is 43.9 Å². The highest BCUT2D eigenvalue weighted by atomic mass is 32.2. The minimum atomic E-state index is -3.67. The van der Waals surface area contributed by atoms with Crippen LogP contribution in [0.3, 0.4) is 0 Å². The van der Waals surface area contributed by atoms with Crippen LogP contribution in [0.2, 0.25) is 0 Å². The van der Waals surface area contributed by atoms with Gasteiger partial charge in [0.2, 0.25) is 0 Å². The Hall–Kier alpha value is -2.00. The van der Waals surface area contributed by atoms with E-state index >= 15 is 0 Å². The van der Waals surface area contributed by atoms with Gasteiger partial charge in [-0.05, 0) is 37.8 Å². The fourth-order valence-electron chi connectivity index (χ4n) is 2.97. The molecule has 7 nitrogen and oxygen atoms in total. The molecule has 1 aliphatic rings. The quantitative estimate of drug-likeness (QED) is 0.609. The number of benzene rings is 1. The van der Waals surface area contributed by atoms with Crippen molar-refractivity contribution in [3.8, 4) is 0 Å². The molecule has 0 saturated heterocycles. The van der Waals surface area contributed by atoms with Crippen molar-refractivity contribution in [2.24, 2.45) is 0 Å². The Morgan fingerprint density at radius 1 is 1.32 bits per heavy atom. The van der Waals surface area contributed by atoms with Crippen molar-refractivity contribution >= 4 is 32.5 Å². The number of nitrogens with one attached hydrogen (secondary N) is 1. The van der Waals surface area contributed by atoms with Crippen LogP contribution in [0, 0.1) is 10.1 Å². The molecule has 25 heavy (non-hydrogen) atoms. The lowest BCUT2D eigenvalue weighted by molar-refractivity contribution is -0.386. The summed E-state index contributed by atoms with van der Waals surface area (Å²) in [5.41, 5.74) is 1.01. The Labute approximate surface area is 150 Å². The molecule has 9 heteroatoms. The van der Waals surface area contributed by atoms with Crippen LogP contribution in [0.1, 0.15) is 28.4 Å². The standard InChI is InChI=1S/C16H19N3O4S2/c1-25(22,23)14-8-4-6-12(16(14)19(20)21)17-10-9-15-18-11-5-2-3-7-13(11)24-15/h4,6,8,17H,2-3,5,7,9-10H2,1H3. The molecule has 0 unspecified atom stereocenters. The maximum Gasteiger partial charge on any atom is 0.310 e. The Morgan fingerprint density at radius 2 is 2.08 bits per heavy atom. The highest BCUT2D eigenvalue weighted by Crippen LogP contribution is 2.32. The van der Waals surface area contributed by atoms with E-state index < -0.39 is 20.4 Å². The van der Waals surface area contributed by atoms with Gasteiger partial charge in [0, 0.05) is 24.1 Å². The van der Waals surface area contributed by atoms with Crippen LogP contribution in [0.5, 0.6) is 0 Å². The van der Waals surface area contributed by atoms with Gasteiger partial charge in [-0.25, -0.2) is 13.4 Å². The molecule has 1 N–H and O–H groups in total. The number of aryl methyl sites for hydroxylation is 2. The van der Waals surface area contributed by atoms with Gasteiger partial charge in [-0.15, -0.1) is 11.3 Å². The Bertz CT molecular complexity index is 883. The number of sulfone groups is 1. The van der Waals surface area contributed by atoms with E-state index in [1.54, 1.807) is 11.3 Å². The van der Waals surface area contributed by atoms with Crippen LogP contribution in [0.25, 0.3) is 0 Å². The third kappa shape index (κ3) is 3.98. The normalized spacial score (nSPS) is 14.1. The third-order valence-electron chi connectivity index (χ3n) is 4.13. The van der Waals surface area contributed by atoms with E-state index in [9.17, 15) is 18.5 Å². The smallest absolute Gasteiger partial charge is 0.310 e. The Kier molecular flexibility index (Phi) is 5.05. The Balaban J connectivity index is 1.75. The second-order valence-corrected chi connectivity index (χ2v) is 9.20. The van der Waals surface area contributed by atoms with E-state index in [0.717, 1.165) is 24.1 Å². The highest BCUT2D eigenvalue weighted by molar-refractivity contribution is 7.90. The molecule has 0 atom stereocenters. The van der Waals surface area contributed by atoms with Gasteiger partial charge in [0.1, 0.15) is 10.6 Å². The molecule has 3 rings (SSSR count). The summed E-state index contributed by atoms with van der Waals surface area (Å²) in [5.74, 6) is 0. The van der Waals surface area contributed by atoms with Gasteiger partial charge < -0.3 is 5.32 Å². The molecule has 0 amide bonds. The van der Waals surface area contributed by atoms with E-state index in [1.165, 1.54) is 41.6 Å². The average Bonchev–Trinajstić information content (AvgIpc) is 2.96. The van der Waals surface area contributed by atoms with Gasteiger partial charge in [-0.1, -0.05) is 6.07 Å². The van der Waals surface area contributed by atoms with Crippen molar-refractivity contribution in [2.45, 2.75) is 37.0 Å². The van der Waals surface area contributed by atoms with Gasteiger partial charge in [-0.3, -0.25) is 10.1 Å². The molecule has 2 aromatic rings. The monoisotopic (exact) mass is 381 g/mol. The van der Waals surface area contributed by atoms with Crippen molar-refractivity contribution < 1.29 is 13.3 Å². The zero-order valence-corrected chi connectivity index (χ0v) is 15.5. The fourth-order valence-corrected chi connectivity index (χ4v) is 4.99. The lowest BCUT2D eigenvalue weighted by Gasteiger charge is -2.08. The number of hydrogen-bond donors (Lipinski definition) is 1. The summed E-state index contributed by atoms with van der Waals surface area (Å²) in [5, 5.41) is 15.4. The topological polar surface area (TPSA) is 102 Å². The number of anilines is 1. The zero-order valence-electron chi connectivity index (χ0n) is 13.8. The number of nitro groups is 1. The van der Waals surface area contributed by atoms with Gasteiger partial charge in [0.05, 0.1) is 15.6 Å². The molecule has 1 aromatic heterocycles. The van der Waals surface area contributed by atoms with Gasteiger partial charge in [0.25, 0.3) is 0 Å². The molecule has 0 saturated carbocycles. The van der Waals surface area contributed by atoms with Crippen LogP contribution in [-0.4, -0.2) is 31.1 Å². The molecule has 1 aliphatic carbocycles. The lowest BCUT2D eigenvalue weighted by Crippen LogP contribution is -2.10. The maximum absolute atomic E-state index is 11.8. The Morgan fingerprint density at radius 3 is 2.76 bits per heavy atom. The molecular weight excluding hydrogens is 362 g/mol. The number of rotatable bonds is 6. The first-order valence-corrected chi connectivity index (χ1v) is 10.8. The van der Waals surface area contributed by atoms with E-state index in [1.807, 2.05) is 0 Å². The summed E-state index contributed by atoms with van der Waals surface area (Å²) in [7, 11) is -3.67. The number of thiazole rings is 1. The van der Waals surface area contributed by atoms with Crippen molar-refractivity contribution in [1.29, 1.82) is 0 Å². The lowest BCUT2D eigenvalue weighted by atomic mass is 10.0. The molecular formula is C16H19N3O4S2. The number of nitro benzene ring substituents is 1. The van der Waals surface area contributed by atoms with Crippen molar-refractivity contribution in [2.75, 3.05) is 18.1 Å². The largest absolute Gasteiger partial charge is 0.379 e. The minimum Gasteiger partial charge on any atom is -0.379 e. The molecule has 0 radical (unpaired) electrons. The molecule has 0 aliphatic heterocycles. The molecule has 1 heterocycles. The minimum absolute atomic E-state index is 0.217. The van der Waals surface area contributed by atoms with E-state index in [-0.39, 0.29) is 10.6 Å². The predicted molar refractivity (Wildman–Crippen MR) is 97.2 cm³/mol. The molecule has 1 aromatic carbocycles. The molecule has 0 spiro atoms. The number of aromatic nitrogens is 1. The summed E-state index contributed by atoms with van der Waals surface area (Å²) >= 11 is 1.71. The summed E-state index contributed by atoms with van der Waals surface area (Å²) in [6, 6.07) is 4.29. The van der Waals surface area contributed by atoms with Crippen molar-refractivity contribution in [1.82, 2.24) is 4.98 Å². The van der Waals surface area contributed by atoms with Crippen LogP contribution >= 0.6 is 11.3 Å². The fraction of sp³-hybridized carbons (Fsp3) is 0.438. The first kappa shape index (κ1) is 17.8. The molecule has 0 fully saturated rings. The van der Waals surface area contributed by atoms with Crippen LogP contribution in [-0.2, 0) is 29.1 Å². The number of fused-ring (bicyclic) bond motifs is 1. The van der Waals surface area contributed by atoms with Crippen LogP contribution in [0.15, 0.2) is 23.1 Å². The number of para-hydroxylation sites is 1. The highest BCUT2D eigenvalue weighted by Gasteiger charge is 2.26.